The molecule has 2 aromatic carbocycles. The molecule has 2 aromatic rings. The van der Waals surface area contributed by atoms with Gasteiger partial charge in [0, 0.05) is 12.8 Å². The van der Waals surface area contributed by atoms with Gasteiger partial charge in [0.15, 0.2) is 6.10 Å². The van der Waals surface area contributed by atoms with E-state index in [1.807, 2.05) is 36.4 Å². The van der Waals surface area contributed by atoms with E-state index in [0.29, 0.717) is 32.1 Å². The quantitative estimate of drug-likeness (QED) is 0.0177. The monoisotopic (exact) mass is 940 g/mol. The molecule has 0 aromatic heterocycles. The number of aryl methyl sites for hydroxylation is 2. The number of ether oxygens (including phenoxy) is 2. The largest absolute Gasteiger partial charge is 1.00 e. The van der Waals surface area contributed by atoms with E-state index in [9.17, 15) is 42.4 Å². The van der Waals surface area contributed by atoms with Crippen LogP contribution < -0.4 is 34.9 Å². The molecule has 0 saturated carbocycles. The number of amides is 1. The second kappa shape index (κ2) is 38.3. The molecule has 0 saturated heterocycles. The van der Waals surface area contributed by atoms with Gasteiger partial charge in [-0.1, -0.05) is 170 Å². The van der Waals surface area contributed by atoms with E-state index in [1.54, 1.807) is 0 Å². The number of carbonyl (C=O) groups is 4. The number of benzene rings is 2. The van der Waals surface area contributed by atoms with Gasteiger partial charge in [-0.2, -0.15) is 0 Å². The summed E-state index contributed by atoms with van der Waals surface area (Å²) in [6, 6.07) is 18.7. The predicted octanol–water partition coefficient (Wildman–Crippen LogP) is 5.95. The van der Waals surface area contributed by atoms with Crippen LogP contribution in [0.25, 0.3) is 0 Å². The van der Waals surface area contributed by atoms with E-state index in [1.165, 1.54) is 36.8 Å². The molecular weight excluding hydrogens is 862 g/mol. The van der Waals surface area contributed by atoms with Gasteiger partial charge in [-0.3, -0.25) is 18.6 Å². The molecule has 1 amide bonds. The van der Waals surface area contributed by atoms with Gasteiger partial charge in [0.1, 0.15) is 30.6 Å². The minimum Gasteiger partial charge on any atom is -0.726 e. The Bertz CT molecular complexity index is 1640. The average molecular weight is 940 g/mol. The van der Waals surface area contributed by atoms with Crippen molar-refractivity contribution in [2.45, 2.75) is 211 Å². The van der Waals surface area contributed by atoms with Crippen molar-refractivity contribution >= 4 is 34.5 Å². The van der Waals surface area contributed by atoms with Crippen molar-refractivity contribution in [3.05, 3.63) is 71.8 Å². The molecule has 0 spiro atoms. The molecule has 0 aliphatic heterocycles. The smallest absolute Gasteiger partial charge is 0.726 e. The van der Waals surface area contributed by atoms with E-state index < -0.39 is 65.3 Å². The van der Waals surface area contributed by atoms with Crippen molar-refractivity contribution in [2.24, 2.45) is 0 Å². The first-order valence-corrected chi connectivity index (χ1v) is 25.4. The topological polar surface area (TPSA) is 206 Å². The fraction of sp³-hybridized carbons (Fsp3) is 0.680. The first-order chi connectivity index (χ1) is 30.9. The second-order valence-electron chi connectivity index (χ2n) is 17.0. The van der Waals surface area contributed by atoms with Crippen LogP contribution in [0.1, 0.15) is 179 Å². The number of aliphatic hydroxyl groups excluding tert-OH is 2. The molecule has 15 heteroatoms. The molecule has 0 bridgehead atoms. The molecule has 5 atom stereocenters. The zero-order chi connectivity index (χ0) is 46.7. The molecule has 0 fully saturated rings. The van der Waals surface area contributed by atoms with E-state index in [-0.39, 0.29) is 55.1 Å². The summed E-state index contributed by atoms with van der Waals surface area (Å²) < 4.78 is 51.0. The number of carbonyl (C=O) groups excluding carboxylic acids is 4. The Morgan fingerprint density at radius 3 is 1.52 bits per heavy atom. The summed E-state index contributed by atoms with van der Waals surface area (Å²) in [6.07, 6.45) is 15.4. The van der Waals surface area contributed by atoms with Crippen molar-refractivity contribution < 1.29 is 85.6 Å². The van der Waals surface area contributed by atoms with Gasteiger partial charge in [0.25, 0.3) is 0 Å². The van der Waals surface area contributed by atoms with Crippen LogP contribution >= 0.6 is 0 Å². The standard InChI is InChI=1S/C50H79NO12S.Na/c1-2-3-4-5-6-7-8-15-26-35-43(61-47(56)36-27-16-11-9-13-20-29-41-31-22-18-23-32-41)38-46(55)51-44(39-52)49(50(45(54)40-53)63-64(58,59)60)62-48(57)37-28-17-12-10-14-21-30-42-33-24-19-25-34-42;/h18-19,22-25,31-34,39,43-45,49-50,53-54H,2-17,20-21,26-30,35-38,40H2,1H3,(H,51,55)(H,58,59,60);/q;+1/p-1. The summed E-state index contributed by atoms with van der Waals surface area (Å²) >= 11 is 0. The molecular formula is C50H78NNaO12S. The van der Waals surface area contributed by atoms with Gasteiger partial charge in [0.05, 0.1) is 13.0 Å². The SMILES string of the molecule is CCCCCCCCCCCC(CC(=O)NC(C=O)C(OC(=O)CCCCCCCCc1ccccc1)C(OS(=O)(=O)[O-])C(O)CO)OC(=O)CCCCCCCCc1ccccc1.[Na+]. The number of unbranched alkanes of at least 4 members (excludes halogenated alkanes) is 18. The molecule has 65 heavy (non-hydrogen) atoms. The van der Waals surface area contributed by atoms with Crippen molar-refractivity contribution in [2.75, 3.05) is 6.61 Å². The maximum absolute atomic E-state index is 13.5. The normalized spacial score (nSPS) is 13.7. The molecule has 13 nitrogen and oxygen atoms in total. The maximum atomic E-state index is 13.5. The van der Waals surface area contributed by atoms with Gasteiger partial charge >= 0.3 is 41.5 Å². The molecule has 2 rings (SSSR count). The van der Waals surface area contributed by atoms with Crippen LogP contribution in [0.15, 0.2) is 60.7 Å². The van der Waals surface area contributed by atoms with Crippen LogP contribution in [-0.2, 0) is 56.1 Å². The number of esters is 2. The van der Waals surface area contributed by atoms with Gasteiger partial charge in [-0.15, -0.1) is 0 Å². The van der Waals surface area contributed by atoms with E-state index in [0.717, 1.165) is 96.3 Å². The number of hydrogen-bond donors (Lipinski definition) is 3. The van der Waals surface area contributed by atoms with Crippen LogP contribution in [0.4, 0.5) is 0 Å². The van der Waals surface area contributed by atoms with Crippen LogP contribution in [0.3, 0.4) is 0 Å². The predicted molar refractivity (Wildman–Crippen MR) is 247 cm³/mol. The summed E-state index contributed by atoms with van der Waals surface area (Å²) in [5, 5.41) is 22.6. The number of aldehydes is 1. The van der Waals surface area contributed by atoms with Crippen LogP contribution in [0, 0.1) is 0 Å². The van der Waals surface area contributed by atoms with Crippen LogP contribution in [0.5, 0.6) is 0 Å². The van der Waals surface area contributed by atoms with E-state index >= 15 is 0 Å². The molecule has 0 radical (unpaired) electrons. The van der Waals surface area contributed by atoms with Crippen molar-refractivity contribution in [3.63, 3.8) is 0 Å². The Balaban J connectivity index is 0.0000211. The van der Waals surface area contributed by atoms with Gasteiger partial charge in [-0.25, -0.2) is 8.42 Å². The third-order valence-electron chi connectivity index (χ3n) is 11.4. The minimum absolute atomic E-state index is 0. The van der Waals surface area contributed by atoms with Crippen molar-refractivity contribution in [1.82, 2.24) is 5.32 Å². The Labute approximate surface area is 412 Å². The minimum atomic E-state index is -5.56. The fourth-order valence-electron chi connectivity index (χ4n) is 7.81. The van der Waals surface area contributed by atoms with Crippen molar-refractivity contribution in [3.8, 4) is 0 Å². The maximum Gasteiger partial charge on any atom is 1.00 e. The Morgan fingerprint density at radius 1 is 0.646 bits per heavy atom. The Hall–Kier alpha value is -2.69. The summed E-state index contributed by atoms with van der Waals surface area (Å²) in [5.41, 5.74) is 2.60. The summed E-state index contributed by atoms with van der Waals surface area (Å²) in [7, 11) is -5.56. The molecule has 0 aliphatic rings. The molecule has 362 valence electrons. The zero-order valence-electron chi connectivity index (χ0n) is 39.4. The van der Waals surface area contributed by atoms with Crippen molar-refractivity contribution in [1.29, 1.82) is 0 Å². The third-order valence-corrected chi connectivity index (χ3v) is 11.9. The van der Waals surface area contributed by atoms with Crippen LogP contribution in [-0.4, -0.2) is 84.4 Å². The zero-order valence-corrected chi connectivity index (χ0v) is 42.2. The first kappa shape index (κ1) is 60.3. The Kier molecular flexibility index (Phi) is 35.5. The number of aliphatic hydroxyl groups is 2. The van der Waals surface area contributed by atoms with Gasteiger partial charge in [0.2, 0.25) is 16.3 Å². The molecule has 0 heterocycles. The number of rotatable bonds is 40. The second-order valence-corrected chi connectivity index (χ2v) is 18.1. The molecule has 0 aliphatic carbocycles. The van der Waals surface area contributed by atoms with Gasteiger partial charge < -0.3 is 34.4 Å². The molecule has 3 N–H and O–H groups in total. The summed E-state index contributed by atoms with van der Waals surface area (Å²) in [5.74, 6) is -2.11. The third kappa shape index (κ3) is 31.1. The van der Waals surface area contributed by atoms with Crippen LogP contribution in [0.2, 0.25) is 0 Å². The van der Waals surface area contributed by atoms with E-state index in [2.05, 4.69) is 40.7 Å². The molecule has 5 unspecified atom stereocenters. The summed E-state index contributed by atoms with van der Waals surface area (Å²) in [6.45, 7) is 1.06. The average Bonchev–Trinajstić information content (AvgIpc) is 3.28. The number of nitrogens with one attached hydrogen (secondary N) is 1. The van der Waals surface area contributed by atoms with E-state index in [4.69, 9.17) is 9.47 Å². The summed E-state index contributed by atoms with van der Waals surface area (Å²) in [4.78, 5) is 52.2. The first-order valence-electron chi connectivity index (χ1n) is 24.1. The van der Waals surface area contributed by atoms with Gasteiger partial charge in [-0.05, 0) is 62.5 Å². The number of hydrogen-bond acceptors (Lipinski definition) is 12. The Morgan fingerprint density at radius 2 is 1.08 bits per heavy atom. The fourth-order valence-corrected chi connectivity index (χ4v) is 8.32.